The predicted molar refractivity (Wildman–Crippen MR) is 85.5 cm³/mol. The molecule has 0 amide bonds. The van der Waals surface area contributed by atoms with E-state index in [0.717, 1.165) is 38.2 Å². The number of thiophene rings is 1. The zero-order valence-electron chi connectivity index (χ0n) is 10.1. The van der Waals surface area contributed by atoms with E-state index in [4.69, 9.17) is 5.73 Å². The fourth-order valence-electron chi connectivity index (χ4n) is 1.95. The molecular formula is C14H12BrN3S. The van der Waals surface area contributed by atoms with Crippen molar-refractivity contribution in [3.63, 3.8) is 0 Å². The highest BCUT2D eigenvalue weighted by Gasteiger charge is 2.04. The first-order chi connectivity index (χ1) is 9.24. The van der Waals surface area contributed by atoms with E-state index >= 15 is 0 Å². The Hall–Kier alpha value is -1.59. The largest absolute Gasteiger partial charge is 0.398 e. The number of pyridine rings is 1. The Morgan fingerprint density at radius 3 is 3.00 bits per heavy atom. The number of nitrogens with one attached hydrogen (secondary N) is 1. The molecule has 0 radical (unpaired) electrons. The van der Waals surface area contributed by atoms with Crippen molar-refractivity contribution in [1.29, 1.82) is 0 Å². The molecule has 0 bridgehead atoms. The SMILES string of the molecule is Nc1ccsc1CNc1cccc2cc(Br)cnc12. The molecule has 0 aliphatic rings. The van der Waals surface area contributed by atoms with Gasteiger partial charge in [-0.2, -0.15) is 0 Å². The summed E-state index contributed by atoms with van der Waals surface area (Å²) in [5.41, 5.74) is 8.73. The fraction of sp³-hybridized carbons (Fsp3) is 0.0714. The molecule has 0 aliphatic heterocycles. The average Bonchev–Trinajstić information content (AvgIpc) is 2.81. The van der Waals surface area contributed by atoms with E-state index in [1.165, 1.54) is 0 Å². The number of aromatic nitrogens is 1. The number of benzene rings is 1. The second-order valence-electron chi connectivity index (χ2n) is 4.18. The molecule has 19 heavy (non-hydrogen) atoms. The molecule has 5 heteroatoms. The van der Waals surface area contributed by atoms with Crippen molar-refractivity contribution in [3.05, 3.63) is 51.3 Å². The number of nitrogen functional groups attached to an aromatic ring is 1. The lowest BCUT2D eigenvalue weighted by Gasteiger charge is -2.09. The smallest absolute Gasteiger partial charge is 0.0934 e. The number of hydrogen-bond donors (Lipinski definition) is 2. The summed E-state index contributed by atoms with van der Waals surface area (Å²) in [4.78, 5) is 5.61. The topological polar surface area (TPSA) is 50.9 Å². The van der Waals surface area contributed by atoms with E-state index in [0.29, 0.717) is 0 Å². The highest BCUT2D eigenvalue weighted by Crippen LogP contribution is 2.26. The molecule has 0 fully saturated rings. The standard InChI is InChI=1S/C14H12BrN3S/c15-10-6-9-2-1-3-12(14(9)18-7-10)17-8-13-11(16)4-5-19-13/h1-7,17H,8,16H2. The van der Waals surface area contributed by atoms with Gasteiger partial charge in [0, 0.05) is 26.6 Å². The highest BCUT2D eigenvalue weighted by atomic mass is 79.9. The van der Waals surface area contributed by atoms with E-state index in [1.54, 1.807) is 11.3 Å². The van der Waals surface area contributed by atoms with Gasteiger partial charge in [0.1, 0.15) is 0 Å². The van der Waals surface area contributed by atoms with Crippen molar-refractivity contribution in [2.45, 2.75) is 6.54 Å². The second kappa shape index (κ2) is 5.19. The van der Waals surface area contributed by atoms with Crippen molar-refractivity contribution in [2.75, 3.05) is 11.1 Å². The van der Waals surface area contributed by atoms with Gasteiger partial charge in [0.15, 0.2) is 0 Å². The number of anilines is 2. The van der Waals surface area contributed by atoms with Crippen molar-refractivity contribution < 1.29 is 0 Å². The van der Waals surface area contributed by atoms with Crippen molar-refractivity contribution in [1.82, 2.24) is 4.98 Å². The summed E-state index contributed by atoms with van der Waals surface area (Å²) in [6.45, 7) is 0.723. The summed E-state index contributed by atoms with van der Waals surface area (Å²) in [7, 11) is 0. The van der Waals surface area contributed by atoms with Gasteiger partial charge in [-0.1, -0.05) is 12.1 Å². The van der Waals surface area contributed by atoms with Crippen LogP contribution in [0, 0.1) is 0 Å². The van der Waals surface area contributed by atoms with Crippen LogP contribution in [0.25, 0.3) is 10.9 Å². The first-order valence-corrected chi connectivity index (χ1v) is 7.51. The monoisotopic (exact) mass is 333 g/mol. The molecule has 0 aliphatic carbocycles. The Labute approximate surface area is 123 Å². The molecule has 0 atom stereocenters. The highest BCUT2D eigenvalue weighted by molar-refractivity contribution is 9.10. The molecule has 0 saturated carbocycles. The Balaban J connectivity index is 1.91. The van der Waals surface area contributed by atoms with Gasteiger partial charge >= 0.3 is 0 Å². The van der Waals surface area contributed by atoms with E-state index in [2.05, 4.69) is 38.4 Å². The molecule has 96 valence electrons. The zero-order valence-corrected chi connectivity index (χ0v) is 12.5. The van der Waals surface area contributed by atoms with Crippen molar-refractivity contribution in [2.24, 2.45) is 0 Å². The Morgan fingerprint density at radius 1 is 1.32 bits per heavy atom. The normalized spacial score (nSPS) is 10.8. The van der Waals surface area contributed by atoms with Crippen LogP contribution in [0.2, 0.25) is 0 Å². The molecule has 0 spiro atoms. The van der Waals surface area contributed by atoms with Gasteiger partial charge in [0.05, 0.1) is 17.7 Å². The van der Waals surface area contributed by atoms with E-state index < -0.39 is 0 Å². The fourth-order valence-corrected chi connectivity index (χ4v) is 3.03. The molecule has 3 nitrogen and oxygen atoms in total. The van der Waals surface area contributed by atoms with Crippen LogP contribution >= 0.6 is 27.3 Å². The van der Waals surface area contributed by atoms with Crippen LogP contribution in [-0.4, -0.2) is 4.98 Å². The third-order valence-corrected chi connectivity index (χ3v) is 4.27. The Bertz CT molecular complexity index is 724. The minimum absolute atomic E-state index is 0.723. The van der Waals surface area contributed by atoms with Gasteiger partial charge in [-0.05, 0) is 39.5 Å². The summed E-state index contributed by atoms with van der Waals surface area (Å²) >= 11 is 5.10. The van der Waals surface area contributed by atoms with Crippen LogP contribution in [0.4, 0.5) is 11.4 Å². The maximum Gasteiger partial charge on any atom is 0.0934 e. The number of nitrogens with zero attached hydrogens (tertiary/aromatic N) is 1. The van der Waals surface area contributed by atoms with Crippen molar-refractivity contribution in [3.8, 4) is 0 Å². The van der Waals surface area contributed by atoms with Crippen molar-refractivity contribution >= 4 is 49.5 Å². The molecule has 0 saturated heterocycles. The van der Waals surface area contributed by atoms with E-state index in [9.17, 15) is 0 Å². The number of halogens is 1. The van der Waals surface area contributed by atoms with Gasteiger partial charge in [-0.3, -0.25) is 4.98 Å². The summed E-state index contributed by atoms with van der Waals surface area (Å²) in [6.07, 6.45) is 1.81. The number of para-hydroxylation sites is 1. The number of hydrogen-bond acceptors (Lipinski definition) is 4. The first-order valence-electron chi connectivity index (χ1n) is 5.84. The summed E-state index contributed by atoms with van der Waals surface area (Å²) in [5.74, 6) is 0. The number of nitrogens with two attached hydrogens (primary N) is 1. The first kappa shape index (κ1) is 12.4. The number of fused-ring (bicyclic) bond motifs is 1. The Kier molecular flexibility index (Phi) is 3.40. The maximum absolute atomic E-state index is 5.89. The van der Waals surface area contributed by atoms with Crippen LogP contribution in [0.15, 0.2) is 46.4 Å². The summed E-state index contributed by atoms with van der Waals surface area (Å²) < 4.78 is 0.986. The van der Waals surface area contributed by atoms with E-state index in [1.807, 2.05) is 29.8 Å². The molecule has 2 aromatic heterocycles. The number of rotatable bonds is 3. The minimum Gasteiger partial charge on any atom is -0.398 e. The van der Waals surface area contributed by atoms with Gasteiger partial charge < -0.3 is 11.1 Å². The van der Waals surface area contributed by atoms with Gasteiger partial charge in [0.2, 0.25) is 0 Å². The molecular weight excluding hydrogens is 322 g/mol. The van der Waals surface area contributed by atoms with Crippen LogP contribution in [0.5, 0.6) is 0 Å². The second-order valence-corrected chi connectivity index (χ2v) is 6.10. The average molecular weight is 334 g/mol. The third-order valence-electron chi connectivity index (χ3n) is 2.90. The lowest BCUT2D eigenvalue weighted by Crippen LogP contribution is -2.01. The van der Waals surface area contributed by atoms with Gasteiger partial charge in [-0.15, -0.1) is 11.3 Å². The summed E-state index contributed by atoms with van der Waals surface area (Å²) in [6, 6.07) is 10.1. The molecule has 3 N–H and O–H groups in total. The maximum atomic E-state index is 5.89. The quantitative estimate of drug-likeness (QED) is 0.753. The summed E-state index contributed by atoms with van der Waals surface area (Å²) in [5, 5.41) is 6.52. The molecule has 2 heterocycles. The van der Waals surface area contributed by atoms with E-state index in [-0.39, 0.29) is 0 Å². The van der Waals surface area contributed by atoms with Crippen LogP contribution in [-0.2, 0) is 6.54 Å². The Morgan fingerprint density at radius 2 is 2.21 bits per heavy atom. The lowest BCUT2D eigenvalue weighted by atomic mass is 10.2. The molecule has 1 aromatic carbocycles. The minimum atomic E-state index is 0.723. The van der Waals surface area contributed by atoms with Crippen LogP contribution in [0.3, 0.4) is 0 Å². The molecule has 3 aromatic rings. The molecule has 3 rings (SSSR count). The van der Waals surface area contributed by atoms with Gasteiger partial charge in [0.25, 0.3) is 0 Å². The zero-order chi connectivity index (χ0) is 13.2. The third kappa shape index (κ3) is 2.57. The van der Waals surface area contributed by atoms with Crippen LogP contribution in [0.1, 0.15) is 4.88 Å². The predicted octanol–water partition coefficient (Wildman–Crippen LogP) is 4.25. The molecule has 0 unspecified atom stereocenters. The van der Waals surface area contributed by atoms with Crippen LogP contribution < -0.4 is 11.1 Å². The van der Waals surface area contributed by atoms with Gasteiger partial charge in [-0.25, -0.2) is 0 Å². The lowest BCUT2D eigenvalue weighted by molar-refractivity contribution is 1.20.